The molecule has 5 heteroatoms. The number of sulfonamides is 1. The Labute approximate surface area is 146 Å². The van der Waals surface area contributed by atoms with E-state index in [1.54, 1.807) is 22.5 Å². The van der Waals surface area contributed by atoms with Crippen LogP contribution >= 0.6 is 0 Å². The summed E-state index contributed by atoms with van der Waals surface area (Å²) in [4.78, 5) is 0.386. The summed E-state index contributed by atoms with van der Waals surface area (Å²) in [5.74, 6) is 0.430. The van der Waals surface area contributed by atoms with Crippen LogP contribution in [-0.4, -0.2) is 39.0 Å². The van der Waals surface area contributed by atoms with Gasteiger partial charge in [0, 0.05) is 19.7 Å². The van der Waals surface area contributed by atoms with Gasteiger partial charge in [0.15, 0.2) is 0 Å². The highest BCUT2D eigenvalue weighted by Gasteiger charge is 2.29. The monoisotopic (exact) mass is 351 g/mol. The van der Waals surface area contributed by atoms with Crippen LogP contribution in [0.15, 0.2) is 41.8 Å². The maximum absolute atomic E-state index is 12.8. The van der Waals surface area contributed by atoms with Gasteiger partial charge in [-0.2, -0.15) is 4.31 Å². The van der Waals surface area contributed by atoms with Crippen LogP contribution in [0.1, 0.15) is 39.2 Å². The number of hydrogen-bond donors (Lipinski definition) is 0. The lowest BCUT2D eigenvalue weighted by Crippen LogP contribution is -2.39. The van der Waals surface area contributed by atoms with E-state index in [-0.39, 0.29) is 5.41 Å². The van der Waals surface area contributed by atoms with Gasteiger partial charge < -0.3 is 4.74 Å². The molecule has 0 saturated carbocycles. The van der Waals surface area contributed by atoms with Gasteiger partial charge in [0.2, 0.25) is 10.0 Å². The molecular formula is C19H29NO3S. The van der Waals surface area contributed by atoms with Crippen LogP contribution in [0.4, 0.5) is 0 Å². The molecule has 1 aliphatic heterocycles. The number of piperidine rings is 1. The fraction of sp³-hybridized carbons (Fsp3) is 0.579. The van der Waals surface area contributed by atoms with Gasteiger partial charge in [-0.25, -0.2) is 8.42 Å². The Bertz CT molecular complexity index is 636. The van der Waals surface area contributed by atoms with Crippen molar-refractivity contribution in [2.45, 2.75) is 43.9 Å². The van der Waals surface area contributed by atoms with Crippen molar-refractivity contribution < 1.29 is 13.2 Å². The summed E-state index contributed by atoms with van der Waals surface area (Å²) in [6.45, 7) is 12.3. The van der Waals surface area contributed by atoms with Crippen molar-refractivity contribution in [3.63, 3.8) is 0 Å². The first kappa shape index (κ1) is 19.2. The summed E-state index contributed by atoms with van der Waals surface area (Å²) in [5, 5.41) is 0. The molecule has 0 spiro atoms. The molecule has 1 aromatic carbocycles. The second kappa shape index (κ2) is 7.81. The Morgan fingerprint density at radius 1 is 1.21 bits per heavy atom. The Kier molecular flexibility index (Phi) is 6.23. The van der Waals surface area contributed by atoms with E-state index >= 15 is 0 Å². The quantitative estimate of drug-likeness (QED) is 0.581. The molecule has 2 rings (SSSR count). The maximum Gasteiger partial charge on any atom is 0.243 e. The van der Waals surface area contributed by atoms with Crippen LogP contribution in [0.2, 0.25) is 0 Å². The van der Waals surface area contributed by atoms with Crippen molar-refractivity contribution >= 4 is 10.0 Å². The predicted molar refractivity (Wildman–Crippen MR) is 97.6 cm³/mol. The third-order valence-electron chi connectivity index (χ3n) is 4.52. The molecule has 1 fully saturated rings. The van der Waals surface area contributed by atoms with Gasteiger partial charge in [-0.15, -0.1) is 6.58 Å². The van der Waals surface area contributed by atoms with Gasteiger partial charge >= 0.3 is 0 Å². The molecule has 0 radical (unpaired) electrons. The molecule has 4 nitrogen and oxygen atoms in total. The first-order valence-corrected chi connectivity index (χ1v) is 9.98. The van der Waals surface area contributed by atoms with E-state index in [1.807, 2.05) is 12.1 Å². The van der Waals surface area contributed by atoms with Gasteiger partial charge in [0.05, 0.1) is 11.5 Å². The Hall–Kier alpha value is -1.17. The molecule has 134 valence electrons. The van der Waals surface area contributed by atoms with Crippen LogP contribution in [0.5, 0.6) is 0 Å². The Morgan fingerprint density at radius 3 is 2.29 bits per heavy atom. The predicted octanol–water partition coefficient (Wildman–Crippen LogP) is 3.59. The van der Waals surface area contributed by atoms with Crippen molar-refractivity contribution in [2.75, 3.05) is 26.3 Å². The first-order chi connectivity index (χ1) is 11.2. The van der Waals surface area contributed by atoms with E-state index < -0.39 is 10.0 Å². The standard InChI is InChI=1S/C19H29NO3S/c1-5-14-23-15-16-10-12-20(13-11-16)24(21,22)18-8-6-17(7-9-18)19(2,3)4/h5-9,16H,1,10-15H2,2-4H3. The van der Waals surface area contributed by atoms with Gasteiger partial charge in [0.25, 0.3) is 0 Å². The first-order valence-electron chi connectivity index (χ1n) is 8.54. The van der Waals surface area contributed by atoms with Crippen LogP contribution in [0.3, 0.4) is 0 Å². The summed E-state index contributed by atoms with van der Waals surface area (Å²) >= 11 is 0. The highest BCUT2D eigenvalue weighted by atomic mass is 32.2. The highest BCUT2D eigenvalue weighted by molar-refractivity contribution is 7.89. The van der Waals surface area contributed by atoms with Crippen molar-refractivity contribution in [1.29, 1.82) is 0 Å². The topological polar surface area (TPSA) is 46.6 Å². The number of hydrogen-bond acceptors (Lipinski definition) is 3. The molecule has 1 aromatic rings. The lowest BCUT2D eigenvalue weighted by atomic mass is 9.87. The van der Waals surface area contributed by atoms with Gasteiger partial charge in [0.1, 0.15) is 0 Å². The van der Waals surface area contributed by atoms with E-state index in [1.165, 1.54) is 0 Å². The molecule has 24 heavy (non-hydrogen) atoms. The second-order valence-electron chi connectivity index (χ2n) is 7.45. The van der Waals surface area contributed by atoms with E-state index in [4.69, 9.17) is 4.74 Å². The number of nitrogens with zero attached hydrogens (tertiary/aromatic N) is 1. The zero-order valence-electron chi connectivity index (χ0n) is 15.0. The zero-order valence-corrected chi connectivity index (χ0v) is 15.8. The van der Waals surface area contributed by atoms with E-state index in [2.05, 4.69) is 27.4 Å². The summed E-state index contributed by atoms with van der Waals surface area (Å²) in [6, 6.07) is 7.30. The zero-order chi connectivity index (χ0) is 17.8. The molecule has 0 aliphatic carbocycles. The molecule has 0 aromatic heterocycles. The fourth-order valence-corrected chi connectivity index (χ4v) is 4.38. The minimum Gasteiger partial charge on any atom is -0.377 e. The fourth-order valence-electron chi connectivity index (χ4n) is 2.91. The smallest absolute Gasteiger partial charge is 0.243 e. The summed E-state index contributed by atoms with van der Waals surface area (Å²) < 4.78 is 32.7. The van der Waals surface area contributed by atoms with Crippen molar-refractivity contribution in [1.82, 2.24) is 4.31 Å². The third-order valence-corrected chi connectivity index (χ3v) is 6.43. The Balaban J connectivity index is 2.00. The summed E-state index contributed by atoms with van der Waals surface area (Å²) in [6.07, 6.45) is 3.42. The van der Waals surface area contributed by atoms with Gasteiger partial charge in [-0.05, 0) is 41.9 Å². The maximum atomic E-state index is 12.8. The van der Waals surface area contributed by atoms with Gasteiger partial charge in [-0.3, -0.25) is 0 Å². The molecule has 1 saturated heterocycles. The van der Waals surface area contributed by atoms with Crippen LogP contribution in [-0.2, 0) is 20.2 Å². The minimum atomic E-state index is -3.40. The van der Waals surface area contributed by atoms with E-state index in [0.717, 1.165) is 18.4 Å². The molecule has 0 atom stereocenters. The summed E-state index contributed by atoms with van der Waals surface area (Å²) in [7, 11) is -3.40. The van der Waals surface area contributed by atoms with Crippen LogP contribution in [0.25, 0.3) is 0 Å². The molecule has 1 heterocycles. The second-order valence-corrected chi connectivity index (χ2v) is 9.39. The lowest BCUT2D eigenvalue weighted by Gasteiger charge is -2.31. The Morgan fingerprint density at radius 2 is 1.79 bits per heavy atom. The third kappa shape index (κ3) is 4.68. The number of benzene rings is 1. The van der Waals surface area contributed by atoms with Crippen molar-refractivity contribution in [3.8, 4) is 0 Å². The molecular weight excluding hydrogens is 322 g/mol. The molecule has 0 N–H and O–H groups in total. The molecule has 0 bridgehead atoms. The van der Waals surface area contributed by atoms with Crippen molar-refractivity contribution in [2.24, 2.45) is 5.92 Å². The van der Waals surface area contributed by atoms with E-state index in [9.17, 15) is 8.42 Å². The van der Waals surface area contributed by atoms with Gasteiger partial charge in [-0.1, -0.05) is 39.0 Å². The average molecular weight is 352 g/mol. The molecule has 0 unspecified atom stereocenters. The summed E-state index contributed by atoms with van der Waals surface area (Å²) in [5.41, 5.74) is 1.16. The van der Waals surface area contributed by atoms with Crippen LogP contribution < -0.4 is 0 Å². The minimum absolute atomic E-state index is 0.0199. The average Bonchev–Trinajstić information content (AvgIpc) is 2.55. The largest absolute Gasteiger partial charge is 0.377 e. The number of rotatable bonds is 6. The van der Waals surface area contributed by atoms with Crippen LogP contribution in [0, 0.1) is 5.92 Å². The lowest BCUT2D eigenvalue weighted by molar-refractivity contribution is 0.0982. The van der Waals surface area contributed by atoms with Crippen molar-refractivity contribution in [3.05, 3.63) is 42.5 Å². The van der Waals surface area contributed by atoms with E-state index in [0.29, 0.717) is 37.1 Å². The highest BCUT2D eigenvalue weighted by Crippen LogP contribution is 2.27. The normalized spacial score (nSPS) is 17.8. The number of ether oxygens (including phenoxy) is 1. The molecule has 0 amide bonds. The SMILES string of the molecule is C=CCOCC1CCN(S(=O)(=O)c2ccc(C(C)(C)C)cc2)CC1. The molecule has 1 aliphatic rings.